The monoisotopic (exact) mass is 390 g/mol. The lowest BCUT2D eigenvalue weighted by Gasteiger charge is -2.14. The summed E-state index contributed by atoms with van der Waals surface area (Å²) >= 11 is 6.32. The van der Waals surface area contributed by atoms with Gasteiger partial charge in [-0.05, 0) is 25.0 Å². The van der Waals surface area contributed by atoms with Gasteiger partial charge in [0.2, 0.25) is 0 Å². The highest BCUT2D eigenvalue weighted by atomic mass is 35.5. The minimum absolute atomic E-state index is 0. The predicted molar refractivity (Wildman–Crippen MR) is 108 cm³/mol. The van der Waals surface area contributed by atoms with E-state index < -0.39 is 5.97 Å². The number of carbonyl (C=O) groups excluding carboxylic acids is 1. The molecule has 0 aliphatic rings. The largest absolute Gasteiger partial charge is 0.460 e. The Hall–Kier alpha value is -2.14. The third-order valence-corrected chi connectivity index (χ3v) is 4.18. The molecule has 0 fully saturated rings. The molecule has 26 heavy (non-hydrogen) atoms. The van der Waals surface area contributed by atoms with Gasteiger partial charge in [0.25, 0.3) is 0 Å². The van der Waals surface area contributed by atoms with Crippen LogP contribution in [0.15, 0.2) is 54.6 Å². The van der Waals surface area contributed by atoms with Gasteiger partial charge in [-0.3, -0.25) is 0 Å². The van der Waals surface area contributed by atoms with Crippen LogP contribution in [0.3, 0.4) is 0 Å². The number of likely N-dealkylation sites (N-methyl/N-ethyl adjacent to an activating group) is 1. The number of carbonyl (C=O) groups is 1. The molecule has 1 aromatic heterocycles. The van der Waals surface area contributed by atoms with Crippen LogP contribution in [-0.2, 0) is 4.74 Å². The number of halogens is 2. The summed E-state index contributed by atoms with van der Waals surface area (Å²) in [5.41, 5.74) is 1.89. The molecule has 0 saturated carbocycles. The van der Waals surface area contributed by atoms with Crippen molar-refractivity contribution in [3.63, 3.8) is 0 Å². The number of hydrogen-bond acceptors (Lipinski definition) is 4. The molecule has 0 unspecified atom stereocenters. The summed E-state index contributed by atoms with van der Waals surface area (Å²) in [7, 11) is 3.85. The van der Waals surface area contributed by atoms with Gasteiger partial charge in [-0.15, -0.1) is 12.4 Å². The molecule has 0 N–H and O–H groups in total. The van der Waals surface area contributed by atoms with Crippen molar-refractivity contribution >= 4 is 40.7 Å². The van der Waals surface area contributed by atoms with Crippen molar-refractivity contribution in [1.82, 2.24) is 9.88 Å². The summed E-state index contributed by atoms with van der Waals surface area (Å²) in [5, 5.41) is 2.00. The Kier molecular flexibility index (Phi) is 6.98. The van der Waals surface area contributed by atoms with E-state index in [1.165, 1.54) is 0 Å². The molecular formula is C20H20Cl2N2O2. The summed E-state index contributed by atoms with van der Waals surface area (Å²) in [6.45, 7) is 0.944. The van der Waals surface area contributed by atoms with Crippen molar-refractivity contribution in [2.24, 2.45) is 0 Å². The van der Waals surface area contributed by atoms with E-state index in [-0.39, 0.29) is 18.1 Å². The maximum Gasteiger partial charge on any atom is 0.357 e. The lowest BCUT2D eigenvalue weighted by molar-refractivity contribution is 0.0476. The minimum atomic E-state index is -0.464. The quantitative estimate of drug-likeness (QED) is 0.467. The van der Waals surface area contributed by atoms with Crippen molar-refractivity contribution < 1.29 is 9.53 Å². The smallest absolute Gasteiger partial charge is 0.357 e. The number of rotatable bonds is 5. The van der Waals surface area contributed by atoms with Gasteiger partial charge in [0.15, 0.2) is 5.69 Å². The van der Waals surface area contributed by atoms with Gasteiger partial charge in [-0.25, -0.2) is 9.78 Å². The van der Waals surface area contributed by atoms with Crippen LogP contribution >= 0.6 is 24.0 Å². The van der Waals surface area contributed by atoms with E-state index in [1.54, 1.807) is 0 Å². The van der Waals surface area contributed by atoms with E-state index in [0.717, 1.165) is 21.9 Å². The van der Waals surface area contributed by atoms with Crippen LogP contribution in [0, 0.1) is 0 Å². The molecule has 1 heterocycles. The summed E-state index contributed by atoms with van der Waals surface area (Å²) in [4.78, 5) is 19.0. The SMILES string of the molecule is CN(C)CCOC(=O)c1nc(Cl)c2ccccc2c1-c1ccccc1.Cl. The van der Waals surface area contributed by atoms with Gasteiger partial charge < -0.3 is 9.64 Å². The normalized spacial score (nSPS) is 10.6. The molecule has 136 valence electrons. The number of esters is 1. The molecule has 3 aromatic rings. The van der Waals surface area contributed by atoms with E-state index in [9.17, 15) is 4.79 Å². The number of benzene rings is 2. The summed E-state index contributed by atoms with van der Waals surface area (Å²) in [6, 6.07) is 17.4. The third kappa shape index (κ3) is 4.33. The number of fused-ring (bicyclic) bond motifs is 1. The molecule has 4 nitrogen and oxygen atoms in total. The van der Waals surface area contributed by atoms with Crippen LogP contribution in [0.1, 0.15) is 10.5 Å². The van der Waals surface area contributed by atoms with Crippen LogP contribution < -0.4 is 0 Å². The second-order valence-electron chi connectivity index (χ2n) is 5.98. The molecular weight excluding hydrogens is 371 g/mol. The number of ether oxygens (including phenoxy) is 1. The molecule has 2 aromatic carbocycles. The van der Waals surface area contributed by atoms with Gasteiger partial charge in [-0.1, -0.05) is 66.2 Å². The fourth-order valence-corrected chi connectivity index (χ4v) is 2.91. The molecule has 0 bridgehead atoms. The van der Waals surface area contributed by atoms with Crippen molar-refractivity contribution in [2.75, 3.05) is 27.2 Å². The van der Waals surface area contributed by atoms with Crippen molar-refractivity contribution in [1.29, 1.82) is 0 Å². The first-order valence-corrected chi connectivity index (χ1v) is 8.41. The van der Waals surface area contributed by atoms with Crippen LogP contribution in [0.4, 0.5) is 0 Å². The average Bonchev–Trinajstić information content (AvgIpc) is 2.62. The lowest BCUT2D eigenvalue weighted by atomic mass is 9.97. The maximum atomic E-state index is 12.7. The molecule has 0 aliphatic heterocycles. The number of hydrogen-bond donors (Lipinski definition) is 0. The van der Waals surface area contributed by atoms with Crippen molar-refractivity contribution in [2.45, 2.75) is 0 Å². The molecule has 0 spiro atoms. The Morgan fingerprint density at radius 2 is 1.65 bits per heavy atom. The lowest BCUT2D eigenvalue weighted by Crippen LogP contribution is -2.21. The molecule has 0 amide bonds. The van der Waals surface area contributed by atoms with E-state index >= 15 is 0 Å². The molecule has 0 aliphatic carbocycles. The first-order chi connectivity index (χ1) is 12.1. The Morgan fingerprint density at radius 1 is 1.04 bits per heavy atom. The number of aromatic nitrogens is 1. The first kappa shape index (κ1) is 20.2. The molecule has 0 radical (unpaired) electrons. The summed E-state index contributed by atoms with van der Waals surface area (Å²) < 4.78 is 5.40. The minimum Gasteiger partial charge on any atom is -0.460 e. The second-order valence-corrected chi connectivity index (χ2v) is 6.34. The molecule has 0 saturated heterocycles. The van der Waals surface area contributed by atoms with Gasteiger partial charge in [-0.2, -0.15) is 0 Å². The first-order valence-electron chi connectivity index (χ1n) is 8.03. The van der Waals surface area contributed by atoms with E-state index in [4.69, 9.17) is 16.3 Å². The predicted octanol–water partition coefficient (Wildman–Crippen LogP) is 4.70. The fourth-order valence-electron chi connectivity index (χ4n) is 2.66. The van der Waals surface area contributed by atoms with Gasteiger partial charge >= 0.3 is 5.97 Å². The van der Waals surface area contributed by atoms with E-state index in [1.807, 2.05) is 73.6 Å². The highest BCUT2D eigenvalue weighted by molar-refractivity contribution is 6.35. The van der Waals surface area contributed by atoms with Crippen molar-refractivity contribution in [3.05, 3.63) is 65.4 Å². The topological polar surface area (TPSA) is 42.4 Å². The zero-order chi connectivity index (χ0) is 17.8. The zero-order valence-electron chi connectivity index (χ0n) is 14.6. The van der Waals surface area contributed by atoms with E-state index in [0.29, 0.717) is 18.3 Å². The molecule has 0 atom stereocenters. The van der Waals surface area contributed by atoms with Crippen LogP contribution in [-0.4, -0.2) is 43.1 Å². The second kappa shape index (κ2) is 8.99. The Labute approximate surface area is 164 Å². The van der Waals surface area contributed by atoms with Crippen molar-refractivity contribution in [3.8, 4) is 11.1 Å². The van der Waals surface area contributed by atoms with Gasteiger partial charge in [0.1, 0.15) is 11.8 Å². The number of nitrogens with zero attached hydrogens (tertiary/aromatic N) is 2. The Bertz CT molecular complexity index is 899. The molecule has 3 rings (SSSR count). The summed E-state index contributed by atoms with van der Waals surface area (Å²) in [6.07, 6.45) is 0. The maximum absolute atomic E-state index is 12.7. The fraction of sp³-hybridized carbons (Fsp3) is 0.200. The van der Waals surface area contributed by atoms with E-state index in [2.05, 4.69) is 4.98 Å². The standard InChI is InChI=1S/C20H19ClN2O2.ClH/c1-23(2)12-13-25-20(24)18-17(14-8-4-3-5-9-14)15-10-6-7-11-16(15)19(21)22-18;/h3-11H,12-13H2,1-2H3;1H. The Balaban J connectivity index is 0.00000243. The summed E-state index contributed by atoms with van der Waals surface area (Å²) in [5.74, 6) is -0.464. The highest BCUT2D eigenvalue weighted by Crippen LogP contribution is 2.34. The number of pyridine rings is 1. The average molecular weight is 391 g/mol. The van der Waals surface area contributed by atoms with Gasteiger partial charge in [0, 0.05) is 17.5 Å². The van der Waals surface area contributed by atoms with Crippen LogP contribution in [0.2, 0.25) is 5.15 Å². The zero-order valence-corrected chi connectivity index (χ0v) is 16.2. The van der Waals surface area contributed by atoms with Crippen LogP contribution in [0.25, 0.3) is 21.9 Å². The van der Waals surface area contributed by atoms with Gasteiger partial charge in [0.05, 0.1) is 0 Å². The highest BCUT2D eigenvalue weighted by Gasteiger charge is 2.21. The third-order valence-electron chi connectivity index (χ3n) is 3.89. The molecule has 6 heteroatoms. The Morgan fingerprint density at radius 3 is 2.31 bits per heavy atom. The van der Waals surface area contributed by atoms with Crippen LogP contribution in [0.5, 0.6) is 0 Å².